The highest BCUT2D eigenvalue weighted by molar-refractivity contribution is 5.29. The molecule has 0 amide bonds. The van der Waals surface area contributed by atoms with E-state index in [4.69, 9.17) is 15.2 Å². The van der Waals surface area contributed by atoms with E-state index in [-0.39, 0.29) is 6.10 Å². The van der Waals surface area contributed by atoms with Gasteiger partial charge < -0.3 is 20.3 Å². The minimum atomic E-state index is -0.636. The molecule has 2 saturated heterocycles. The average molecular weight is 293 g/mol. The predicted molar refractivity (Wildman–Crippen MR) is 78.8 cm³/mol. The molecule has 21 heavy (non-hydrogen) atoms. The first-order valence-electron chi connectivity index (χ1n) is 7.51. The maximum absolute atomic E-state index is 10.6. The molecule has 2 fully saturated rings. The van der Waals surface area contributed by atoms with Crippen LogP contribution in [0.5, 0.6) is 0 Å². The first-order chi connectivity index (χ1) is 10.1. The monoisotopic (exact) mass is 293 g/mol. The number of hydrogen-bond acceptors (Lipinski definition) is 6. The molecule has 0 saturated carbocycles. The van der Waals surface area contributed by atoms with Gasteiger partial charge >= 0.3 is 0 Å². The van der Waals surface area contributed by atoms with Gasteiger partial charge in [-0.3, -0.25) is 4.90 Å². The molecule has 1 aromatic heterocycles. The fourth-order valence-corrected chi connectivity index (χ4v) is 3.00. The van der Waals surface area contributed by atoms with Gasteiger partial charge in [0.05, 0.1) is 17.9 Å². The van der Waals surface area contributed by atoms with Crippen LogP contribution in [0.15, 0.2) is 18.2 Å². The Morgan fingerprint density at radius 3 is 2.90 bits per heavy atom. The van der Waals surface area contributed by atoms with Crippen molar-refractivity contribution in [2.45, 2.75) is 24.5 Å². The number of aliphatic hydroxyl groups is 1. The molecule has 0 aromatic carbocycles. The van der Waals surface area contributed by atoms with E-state index in [0.717, 1.165) is 18.8 Å². The van der Waals surface area contributed by atoms with E-state index in [2.05, 4.69) is 9.88 Å². The van der Waals surface area contributed by atoms with Crippen molar-refractivity contribution in [1.29, 1.82) is 0 Å². The molecule has 3 heterocycles. The number of pyridine rings is 1. The van der Waals surface area contributed by atoms with Crippen molar-refractivity contribution in [2.24, 2.45) is 0 Å². The van der Waals surface area contributed by atoms with Crippen LogP contribution in [0.1, 0.15) is 24.6 Å². The standard InChI is InChI=1S/C15H23N3O3/c16-14-3-1-2-12(17-14)13-10-18(6-9-21-13)11-15(19)4-7-20-8-5-15/h1-3,13,19H,4-11H2,(H2,16,17). The molecule has 2 aliphatic rings. The summed E-state index contributed by atoms with van der Waals surface area (Å²) in [7, 11) is 0. The number of rotatable bonds is 3. The number of hydrogen-bond donors (Lipinski definition) is 2. The zero-order valence-corrected chi connectivity index (χ0v) is 12.2. The zero-order valence-electron chi connectivity index (χ0n) is 12.2. The third-order valence-corrected chi connectivity index (χ3v) is 4.21. The molecule has 2 aliphatic heterocycles. The topological polar surface area (TPSA) is 80.8 Å². The van der Waals surface area contributed by atoms with Gasteiger partial charge in [0.25, 0.3) is 0 Å². The predicted octanol–water partition coefficient (Wildman–Crippen LogP) is 0.579. The summed E-state index contributed by atoms with van der Waals surface area (Å²) >= 11 is 0. The first kappa shape index (κ1) is 14.7. The lowest BCUT2D eigenvalue weighted by atomic mass is 9.93. The first-order valence-corrected chi connectivity index (χ1v) is 7.51. The summed E-state index contributed by atoms with van der Waals surface area (Å²) in [5, 5.41) is 10.6. The van der Waals surface area contributed by atoms with E-state index in [9.17, 15) is 5.11 Å². The van der Waals surface area contributed by atoms with Crippen LogP contribution in [0, 0.1) is 0 Å². The van der Waals surface area contributed by atoms with Crippen LogP contribution in [0.4, 0.5) is 5.82 Å². The molecule has 3 N–H and O–H groups in total. The van der Waals surface area contributed by atoms with Gasteiger partial charge in [-0.25, -0.2) is 4.98 Å². The Labute approximate surface area is 124 Å². The number of aromatic nitrogens is 1. The van der Waals surface area contributed by atoms with Gasteiger partial charge in [-0.2, -0.15) is 0 Å². The summed E-state index contributed by atoms with van der Waals surface area (Å²) in [5.41, 5.74) is 5.96. The average Bonchev–Trinajstić information content (AvgIpc) is 2.48. The van der Waals surface area contributed by atoms with Gasteiger partial charge in [-0.15, -0.1) is 0 Å². The Balaban J connectivity index is 1.63. The number of nitrogen functional groups attached to an aromatic ring is 1. The summed E-state index contributed by atoms with van der Waals surface area (Å²) in [6.07, 6.45) is 1.32. The van der Waals surface area contributed by atoms with Crippen LogP contribution in [0.2, 0.25) is 0 Å². The second-order valence-electron chi connectivity index (χ2n) is 5.92. The fourth-order valence-electron chi connectivity index (χ4n) is 3.00. The van der Waals surface area contributed by atoms with E-state index < -0.39 is 5.60 Å². The molecule has 1 atom stereocenters. The summed E-state index contributed by atoms with van der Waals surface area (Å²) in [4.78, 5) is 6.59. The van der Waals surface area contributed by atoms with Crippen LogP contribution < -0.4 is 5.73 Å². The fraction of sp³-hybridized carbons (Fsp3) is 0.667. The van der Waals surface area contributed by atoms with Crippen LogP contribution in [-0.2, 0) is 9.47 Å². The quantitative estimate of drug-likeness (QED) is 0.848. The maximum atomic E-state index is 10.6. The highest BCUT2D eigenvalue weighted by atomic mass is 16.5. The minimum Gasteiger partial charge on any atom is -0.388 e. The lowest BCUT2D eigenvalue weighted by Gasteiger charge is -2.40. The molecule has 0 bridgehead atoms. The maximum Gasteiger partial charge on any atom is 0.123 e. The van der Waals surface area contributed by atoms with Gasteiger partial charge in [-0.1, -0.05) is 6.07 Å². The van der Waals surface area contributed by atoms with Crippen LogP contribution in [-0.4, -0.2) is 60.0 Å². The highest BCUT2D eigenvalue weighted by Gasteiger charge is 2.34. The number of ether oxygens (including phenoxy) is 2. The van der Waals surface area contributed by atoms with Crippen LogP contribution in [0.3, 0.4) is 0 Å². The Morgan fingerprint density at radius 1 is 1.33 bits per heavy atom. The van der Waals surface area contributed by atoms with Gasteiger partial charge in [0, 0.05) is 45.7 Å². The Morgan fingerprint density at radius 2 is 2.14 bits per heavy atom. The lowest BCUT2D eigenvalue weighted by molar-refractivity contribution is -0.103. The number of morpholine rings is 1. The molecule has 1 aromatic rings. The van der Waals surface area contributed by atoms with Crippen LogP contribution >= 0.6 is 0 Å². The van der Waals surface area contributed by atoms with E-state index >= 15 is 0 Å². The van der Waals surface area contributed by atoms with Crippen molar-refractivity contribution >= 4 is 5.82 Å². The molecule has 1 unspecified atom stereocenters. The summed E-state index contributed by atoms with van der Waals surface area (Å²) in [6.45, 7) is 4.16. The normalized spacial score (nSPS) is 26.6. The molecule has 6 heteroatoms. The van der Waals surface area contributed by atoms with E-state index in [0.29, 0.717) is 45.0 Å². The number of nitrogens with zero attached hydrogens (tertiary/aromatic N) is 2. The zero-order chi connectivity index (χ0) is 14.7. The van der Waals surface area contributed by atoms with Crippen molar-refractivity contribution < 1.29 is 14.6 Å². The van der Waals surface area contributed by atoms with Gasteiger partial charge in [0.15, 0.2) is 0 Å². The molecule has 0 spiro atoms. The second-order valence-corrected chi connectivity index (χ2v) is 5.92. The Kier molecular flexibility index (Phi) is 4.40. The molecule has 116 valence electrons. The third-order valence-electron chi connectivity index (χ3n) is 4.21. The van der Waals surface area contributed by atoms with Gasteiger partial charge in [-0.05, 0) is 12.1 Å². The largest absolute Gasteiger partial charge is 0.388 e. The highest BCUT2D eigenvalue weighted by Crippen LogP contribution is 2.26. The lowest BCUT2D eigenvalue weighted by Crippen LogP contribution is -2.50. The second kappa shape index (κ2) is 6.27. The van der Waals surface area contributed by atoms with E-state index in [1.54, 1.807) is 6.07 Å². The van der Waals surface area contributed by atoms with Crippen molar-refractivity contribution in [1.82, 2.24) is 9.88 Å². The van der Waals surface area contributed by atoms with Crippen molar-refractivity contribution in [2.75, 3.05) is 45.2 Å². The number of anilines is 1. The van der Waals surface area contributed by atoms with Gasteiger partial charge in [0.2, 0.25) is 0 Å². The third kappa shape index (κ3) is 3.71. The smallest absolute Gasteiger partial charge is 0.123 e. The minimum absolute atomic E-state index is 0.0781. The Bertz CT molecular complexity index is 477. The molecular formula is C15H23N3O3. The molecule has 0 aliphatic carbocycles. The van der Waals surface area contributed by atoms with Crippen molar-refractivity contribution in [3.8, 4) is 0 Å². The molecular weight excluding hydrogens is 270 g/mol. The van der Waals surface area contributed by atoms with Gasteiger partial charge in [0.1, 0.15) is 11.9 Å². The van der Waals surface area contributed by atoms with Crippen molar-refractivity contribution in [3.05, 3.63) is 23.9 Å². The summed E-state index contributed by atoms with van der Waals surface area (Å²) in [6, 6.07) is 5.61. The Hall–Kier alpha value is -1.21. The number of β-amino-alcohol motifs (C(OH)–C–C–N with tert-alkyl or cyclic N) is 1. The van der Waals surface area contributed by atoms with E-state index in [1.165, 1.54) is 0 Å². The summed E-state index contributed by atoms with van der Waals surface area (Å²) in [5.74, 6) is 0.510. The SMILES string of the molecule is Nc1cccc(C2CN(CC3(O)CCOCC3)CCO2)n1. The van der Waals surface area contributed by atoms with E-state index in [1.807, 2.05) is 12.1 Å². The molecule has 6 nitrogen and oxygen atoms in total. The summed E-state index contributed by atoms with van der Waals surface area (Å²) < 4.78 is 11.1. The molecule has 0 radical (unpaired) electrons. The van der Waals surface area contributed by atoms with Crippen molar-refractivity contribution in [3.63, 3.8) is 0 Å². The number of nitrogens with two attached hydrogens (primary N) is 1. The molecule has 3 rings (SSSR count). The van der Waals surface area contributed by atoms with Crippen LogP contribution in [0.25, 0.3) is 0 Å².